The number of hydrogen-bond acceptors (Lipinski definition) is 4. The number of nitrogens with zero attached hydrogens (tertiary/aromatic N) is 2. The molecule has 2 aromatic rings. The summed E-state index contributed by atoms with van der Waals surface area (Å²) >= 11 is 5.97. The molecule has 6 heteroatoms. The number of carbonyl (C=O) groups excluding carboxylic acids is 1. The van der Waals surface area contributed by atoms with Crippen LogP contribution in [0, 0.1) is 0 Å². The topological polar surface area (TPSA) is 56.1 Å². The van der Waals surface area contributed by atoms with E-state index in [4.69, 9.17) is 16.3 Å². The Morgan fingerprint density at radius 3 is 2.70 bits per heavy atom. The van der Waals surface area contributed by atoms with Crippen molar-refractivity contribution in [3.8, 4) is 5.69 Å². The first kappa shape index (κ1) is 16.0. The summed E-state index contributed by atoms with van der Waals surface area (Å²) in [6.07, 6.45) is 3.57. The molecule has 0 unspecified atom stereocenters. The van der Waals surface area contributed by atoms with Gasteiger partial charge in [0.2, 0.25) is 0 Å². The SMILES string of the molecule is CCOC(=O)c1cnn(-c2ccc(Cl)cc2)c1C1CCNCC1. The highest BCUT2D eigenvalue weighted by Gasteiger charge is 2.27. The van der Waals surface area contributed by atoms with Crippen LogP contribution in [0.1, 0.15) is 41.7 Å². The smallest absolute Gasteiger partial charge is 0.341 e. The number of carbonyl (C=O) groups is 1. The summed E-state index contributed by atoms with van der Waals surface area (Å²) < 4.78 is 7.04. The van der Waals surface area contributed by atoms with Gasteiger partial charge in [0, 0.05) is 10.9 Å². The molecule has 1 N–H and O–H groups in total. The van der Waals surface area contributed by atoms with Crippen LogP contribution in [0.2, 0.25) is 5.02 Å². The Balaban J connectivity index is 2.04. The number of benzene rings is 1. The van der Waals surface area contributed by atoms with Gasteiger partial charge >= 0.3 is 5.97 Å². The molecule has 0 amide bonds. The van der Waals surface area contributed by atoms with Crippen molar-refractivity contribution in [2.75, 3.05) is 19.7 Å². The van der Waals surface area contributed by atoms with Crippen LogP contribution >= 0.6 is 11.6 Å². The van der Waals surface area contributed by atoms with Crippen LogP contribution < -0.4 is 5.32 Å². The van der Waals surface area contributed by atoms with Crippen molar-refractivity contribution in [2.24, 2.45) is 0 Å². The molecule has 1 aromatic carbocycles. The Labute approximate surface area is 140 Å². The minimum Gasteiger partial charge on any atom is -0.462 e. The van der Waals surface area contributed by atoms with Crippen LogP contribution in [-0.2, 0) is 4.74 Å². The Bertz CT molecular complexity index is 676. The van der Waals surface area contributed by atoms with Gasteiger partial charge < -0.3 is 10.1 Å². The summed E-state index contributed by atoms with van der Waals surface area (Å²) in [5, 5.41) is 8.48. The Morgan fingerprint density at radius 1 is 1.35 bits per heavy atom. The molecule has 0 saturated carbocycles. The van der Waals surface area contributed by atoms with Gasteiger partial charge in [-0.15, -0.1) is 0 Å². The molecule has 3 rings (SSSR count). The standard InChI is InChI=1S/C17H20ClN3O2/c1-2-23-17(22)15-11-20-21(14-5-3-13(18)4-6-14)16(15)12-7-9-19-10-8-12/h3-6,11-12,19H,2,7-10H2,1H3. The first-order valence-corrected chi connectivity index (χ1v) is 8.30. The molecule has 0 aliphatic carbocycles. The van der Waals surface area contributed by atoms with Crippen molar-refractivity contribution in [1.82, 2.24) is 15.1 Å². The molecule has 1 fully saturated rings. The maximum Gasteiger partial charge on any atom is 0.341 e. The quantitative estimate of drug-likeness (QED) is 0.873. The van der Waals surface area contributed by atoms with Gasteiger partial charge in [0.1, 0.15) is 5.56 Å². The summed E-state index contributed by atoms with van der Waals surface area (Å²) in [6.45, 7) is 4.06. The summed E-state index contributed by atoms with van der Waals surface area (Å²) in [5.41, 5.74) is 2.40. The van der Waals surface area contributed by atoms with E-state index in [0.717, 1.165) is 37.3 Å². The lowest BCUT2D eigenvalue weighted by Gasteiger charge is -2.24. The Kier molecular flexibility index (Phi) is 4.98. The molecule has 1 aromatic heterocycles. The summed E-state index contributed by atoms with van der Waals surface area (Å²) in [6, 6.07) is 7.48. The van der Waals surface area contributed by atoms with Crippen LogP contribution in [-0.4, -0.2) is 35.4 Å². The maximum atomic E-state index is 12.3. The third kappa shape index (κ3) is 3.41. The van der Waals surface area contributed by atoms with E-state index in [2.05, 4.69) is 10.4 Å². The summed E-state index contributed by atoms with van der Waals surface area (Å²) in [7, 11) is 0. The highest BCUT2D eigenvalue weighted by molar-refractivity contribution is 6.30. The predicted molar refractivity (Wildman–Crippen MR) is 89.4 cm³/mol. The van der Waals surface area contributed by atoms with Gasteiger partial charge in [-0.1, -0.05) is 11.6 Å². The van der Waals surface area contributed by atoms with Gasteiger partial charge in [-0.25, -0.2) is 9.48 Å². The number of rotatable bonds is 4. The van der Waals surface area contributed by atoms with Crippen LogP contribution in [0.5, 0.6) is 0 Å². The molecule has 0 bridgehead atoms. The second-order valence-electron chi connectivity index (χ2n) is 5.58. The van der Waals surface area contributed by atoms with Gasteiger partial charge in [0.25, 0.3) is 0 Å². The van der Waals surface area contributed by atoms with Crippen molar-refractivity contribution < 1.29 is 9.53 Å². The monoisotopic (exact) mass is 333 g/mol. The van der Waals surface area contributed by atoms with E-state index in [-0.39, 0.29) is 11.9 Å². The number of aromatic nitrogens is 2. The maximum absolute atomic E-state index is 12.3. The summed E-state index contributed by atoms with van der Waals surface area (Å²) in [4.78, 5) is 12.3. The van der Waals surface area contributed by atoms with Crippen LogP contribution in [0.15, 0.2) is 30.5 Å². The van der Waals surface area contributed by atoms with E-state index in [1.807, 2.05) is 35.9 Å². The Morgan fingerprint density at radius 2 is 2.04 bits per heavy atom. The molecular weight excluding hydrogens is 314 g/mol. The van der Waals surface area contributed by atoms with E-state index in [1.54, 1.807) is 6.20 Å². The molecule has 0 spiro atoms. The first-order valence-electron chi connectivity index (χ1n) is 7.92. The van der Waals surface area contributed by atoms with E-state index in [9.17, 15) is 4.79 Å². The molecule has 1 saturated heterocycles. The fourth-order valence-corrected chi connectivity index (χ4v) is 3.13. The molecule has 2 heterocycles. The highest BCUT2D eigenvalue weighted by Crippen LogP contribution is 2.30. The van der Waals surface area contributed by atoms with E-state index in [1.165, 1.54) is 0 Å². The average molecular weight is 334 g/mol. The van der Waals surface area contributed by atoms with Gasteiger partial charge in [-0.05, 0) is 57.1 Å². The molecular formula is C17H20ClN3O2. The zero-order chi connectivity index (χ0) is 16.2. The number of piperidine rings is 1. The second-order valence-corrected chi connectivity index (χ2v) is 6.01. The van der Waals surface area contributed by atoms with Gasteiger partial charge in [-0.3, -0.25) is 0 Å². The number of nitrogens with one attached hydrogen (secondary N) is 1. The summed E-state index contributed by atoms with van der Waals surface area (Å²) in [5.74, 6) is -0.0184. The minimum atomic E-state index is -0.304. The lowest BCUT2D eigenvalue weighted by Crippen LogP contribution is -2.28. The van der Waals surface area contributed by atoms with Crippen molar-refractivity contribution in [3.63, 3.8) is 0 Å². The van der Waals surface area contributed by atoms with Gasteiger partial charge in [0.15, 0.2) is 0 Å². The molecule has 23 heavy (non-hydrogen) atoms. The normalized spacial score (nSPS) is 15.6. The number of ether oxygens (including phenoxy) is 1. The molecule has 0 radical (unpaired) electrons. The number of esters is 1. The number of halogens is 1. The molecule has 5 nitrogen and oxygen atoms in total. The van der Waals surface area contributed by atoms with Gasteiger partial charge in [0.05, 0.1) is 24.2 Å². The molecule has 1 aliphatic heterocycles. The van der Waals surface area contributed by atoms with Gasteiger partial charge in [-0.2, -0.15) is 5.10 Å². The van der Waals surface area contributed by atoms with E-state index >= 15 is 0 Å². The predicted octanol–water partition coefficient (Wildman–Crippen LogP) is 3.17. The lowest BCUT2D eigenvalue weighted by atomic mass is 9.92. The van der Waals surface area contributed by atoms with Crippen molar-refractivity contribution in [3.05, 3.63) is 46.7 Å². The van der Waals surface area contributed by atoms with E-state index in [0.29, 0.717) is 17.2 Å². The van der Waals surface area contributed by atoms with Crippen molar-refractivity contribution in [1.29, 1.82) is 0 Å². The largest absolute Gasteiger partial charge is 0.462 e. The third-order valence-electron chi connectivity index (χ3n) is 4.10. The fourth-order valence-electron chi connectivity index (χ4n) is 3.00. The lowest BCUT2D eigenvalue weighted by molar-refractivity contribution is 0.0524. The second kappa shape index (κ2) is 7.15. The molecule has 1 aliphatic rings. The van der Waals surface area contributed by atoms with Crippen LogP contribution in [0.3, 0.4) is 0 Å². The Hall–Kier alpha value is -1.85. The van der Waals surface area contributed by atoms with Crippen molar-refractivity contribution in [2.45, 2.75) is 25.7 Å². The molecule has 0 atom stereocenters. The fraction of sp³-hybridized carbons (Fsp3) is 0.412. The first-order chi connectivity index (χ1) is 11.2. The highest BCUT2D eigenvalue weighted by atomic mass is 35.5. The van der Waals surface area contributed by atoms with Crippen molar-refractivity contribution >= 4 is 17.6 Å². The zero-order valence-corrected chi connectivity index (χ0v) is 13.8. The van der Waals surface area contributed by atoms with Crippen LogP contribution in [0.4, 0.5) is 0 Å². The minimum absolute atomic E-state index is 0.286. The zero-order valence-electron chi connectivity index (χ0n) is 13.1. The average Bonchev–Trinajstić information content (AvgIpc) is 3.01. The van der Waals surface area contributed by atoms with E-state index < -0.39 is 0 Å². The van der Waals surface area contributed by atoms with Crippen LogP contribution in [0.25, 0.3) is 5.69 Å². The molecule has 122 valence electrons. The number of hydrogen-bond donors (Lipinski definition) is 1. The third-order valence-corrected chi connectivity index (χ3v) is 4.35.